The summed E-state index contributed by atoms with van der Waals surface area (Å²) in [4.78, 5) is 9.59. The number of hydrogen-bond donors (Lipinski definition) is 1. The first-order chi connectivity index (χ1) is 13.2. The van der Waals surface area contributed by atoms with Crippen molar-refractivity contribution in [1.82, 2.24) is 15.1 Å². The SMILES string of the molecule is CCNC(=NCC1CN2CCCC2CO1)N(C)Cc1ccc(OCC)cc1. The molecular formula is C21H34N4O2. The molecule has 0 aromatic heterocycles. The third kappa shape index (κ3) is 5.59. The summed E-state index contributed by atoms with van der Waals surface area (Å²) in [7, 11) is 2.08. The Morgan fingerprint density at radius 1 is 1.33 bits per heavy atom. The molecule has 0 bridgehead atoms. The van der Waals surface area contributed by atoms with E-state index in [1.807, 2.05) is 19.1 Å². The lowest BCUT2D eigenvalue weighted by molar-refractivity contribution is -0.0432. The fraction of sp³-hybridized carbons (Fsp3) is 0.667. The second-order valence-corrected chi connectivity index (χ2v) is 7.37. The Labute approximate surface area is 163 Å². The van der Waals surface area contributed by atoms with E-state index in [0.29, 0.717) is 19.2 Å². The van der Waals surface area contributed by atoms with E-state index in [2.05, 4.69) is 41.2 Å². The molecule has 27 heavy (non-hydrogen) atoms. The van der Waals surface area contributed by atoms with Crippen molar-refractivity contribution in [3.8, 4) is 5.75 Å². The fourth-order valence-electron chi connectivity index (χ4n) is 3.86. The number of ether oxygens (including phenoxy) is 2. The van der Waals surface area contributed by atoms with Crippen molar-refractivity contribution in [3.63, 3.8) is 0 Å². The maximum Gasteiger partial charge on any atom is 0.194 e. The number of aliphatic imine (C=N–C) groups is 1. The van der Waals surface area contributed by atoms with Gasteiger partial charge < -0.3 is 19.7 Å². The van der Waals surface area contributed by atoms with Crippen LogP contribution >= 0.6 is 0 Å². The Kier molecular flexibility index (Phi) is 7.35. The Hall–Kier alpha value is -1.79. The maximum atomic E-state index is 6.05. The summed E-state index contributed by atoms with van der Waals surface area (Å²) in [5, 5.41) is 3.40. The van der Waals surface area contributed by atoms with Crippen LogP contribution in [-0.2, 0) is 11.3 Å². The Balaban J connectivity index is 1.55. The van der Waals surface area contributed by atoms with Crippen molar-refractivity contribution in [3.05, 3.63) is 29.8 Å². The first kappa shape index (κ1) is 20.0. The minimum Gasteiger partial charge on any atom is -0.494 e. The Morgan fingerprint density at radius 3 is 2.89 bits per heavy atom. The molecule has 2 atom stereocenters. The van der Waals surface area contributed by atoms with Crippen molar-refractivity contribution in [1.29, 1.82) is 0 Å². The molecule has 0 amide bonds. The molecule has 0 radical (unpaired) electrons. The van der Waals surface area contributed by atoms with E-state index < -0.39 is 0 Å². The highest BCUT2D eigenvalue weighted by atomic mass is 16.5. The molecule has 2 aliphatic heterocycles. The zero-order valence-electron chi connectivity index (χ0n) is 17.0. The largest absolute Gasteiger partial charge is 0.494 e. The second-order valence-electron chi connectivity index (χ2n) is 7.37. The third-order valence-electron chi connectivity index (χ3n) is 5.26. The van der Waals surface area contributed by atoms with Gasteiger partial charge in [0.15, 0.2) is 5.96 Å². The van der Waals surface area contributed by atoms with Crippen LogP contribution in [0, 0.1) is 0 Å². The smallest absolute Gasteiger partial charge is 0.194 e. The minimum atomic E-state index is 0.201. The number of nitrogens with zero attached hydrogens (tertiary/aromatic N) is 3. The quantitative estimate of drug-likeness (QED) is 0.586. The second kappa shape index (κ2) is 9.95. The van der Waals surface area contributed by atoms with Gasteiger partial charge in [-0.05, 0) is 50.9 Å². The fourth-order valence-corrected chi connectivity index (χ4v) is 3.86. The lowest BCUT2D eigenvalue weighted by atomic mass is 10.2. The average Bonchev–Trinajstić information content (AvgIpc) is 3.14. The van der Waals surface area contributed by atoms with Crippen LogP contribution in [0.2, 0.25) is 0 Å². The highest BCUT2D eigenvalue weighted by Gasteiger charge is 2.32. The van der Waals surface area contributed by atoms with E-state index in [9.17, 15) is 0 Å². The van der Waals surface area contributed by atoms with Crippen LogP contribution in [0.25, 0.3) is 0 Å². The lowest BCUT2D eigenvalue weighted by Gasteiger charge is -2.34. The summed E-state index contributed by atoms with van der Waals surface area (Å²) in [6, 6.07) is 8.92. The molecule has 6 nitrogen and oxygen atoms in total. The molecule has 0 aliphatic carbocycles. The molecule has 0 saturated carbocycles. The van der Waals surface area contributed by atoms with Crippen molar-refractivity contribution in [2.24, 2.45) is 4.99 Å². The van der Waals surface area contributed by atoms with Crippen LogP contribution in [0.1, 0.15) is 32.3 Å². The van der Waals surface area contributed by atoms with Gasteiger partial charge in [-0.2, -0.15) is 0 Å². The van der Waals surface area contributed by atoms with Gasteiger partial charge >= 0.3 is 0 Å². The monoisotopic (exact) mass is 374 g/mol. The van der Waals surface area contributed by atoms with Crippen molar-refractivity contribution >= 4 is 5.96 Å². The average molecular weight is 375 g/mol. The highest BCUT2D eigenvalue weighted by molar-refractivity contribution is 5.79. The standard InChI is InChI=1S/C21H34N4O2/c1-4-22-21(23-13-20-15-25-12-6-7-18(25)16-27-20)24(3)14-17-8-10-19(11-9-17)26-5-2/h8-11,18,20H,4-7,12-16H2,1-3H3,(H,22,23). The molecule has 2 saturated heterocycles. The van der Waals surface area contributed by atoms with Gasteiger partial charge in [0, 0.05) is 32.7 Å². The van der Waals surface area contributed by atoms with E-state index >= 15 is 0 Å². The molecule has 6 heteroatoms. The number of rotatable bonds is 7. The van der Waals surface area contributed by atoms with E-state index in [4.69, 9.17) is 14.5 Å². The first-order valence-electron chi connectivity index (χ1n) is 10.3. The molecule has 2 unspecified atom stereocenters. The van der Waals surface area contributed by atoms with Crippen molar-refractivity contribution in [2.75, 3.05) is 46.4 Å². The van der Waals surface area contributed by atoms with Crippen LogP contribution in [0.4, 0.5) is 0 Å². The summed E-state index contributed by atoms with van der Waals surface area (Å²) in [5.41, 5.74) is 1.24. The molecule has 150 valence electrons. The molecule has 1 N–H and O–H groups in total. The van der Waals surface area contributed by atoms with Gasteiger partial charge in [-0.25, -0.2) is 0 Å². The summed E-state index contributed by atoms with van der Waals surface area (Å²) in [6.45, 7) is 10.2. The molecule has 2 heterocycles. The topological polar surface area (TPSA) is 49.3 Å². The number of morpholine rings is 1. The van der Waals surface area contributed by atoms with Gasteiger partial charge in [-0.1, -0.05) is 12.1 Å². The Morgan fingerprint density at radius 2 is 2.15 bits per heavy atom. The molecule has 2 fully saturated rings. The molecule has 0 spiro atoms. The molecule has 1 aromatic rings. The van der Waals surface area contributed by atoms with Gasteiger partial charge in [0.1, 0.15) is 5.75 Å². The zero-order valence-corrected chi connectivity index (χ0v) is 17.0. The summed E-state index contributed by atoms with van der Waals surface area (Å²) < 4.78 is 11.6. The van der Waals surface area contributed by atoms with E-state index in [-0.39, 0.29) is 6.10 Å². The van der Waals surface area contributed by atoms with Crippen LogP contribution in [-0.4, -0.2) is 74.3 Å². The Bertz CT molecular complexity index is 605. The molecule has 2 aliphatic rings. The molecule has 3 rings (SSSR count). The third-order valence-corrected chi connectivity index (χ3v) is 5.26. The van der Waals surface area contributed by atoms with Crippen LogP contribution in [0.5, 0.6) is 5.75 Å². The summed E-state index contributed by atoms with van der Waals surface area (Å²) in [6.07, 6.45) is 2.79. The zero-order chi connectivity index (χ0) is 19.1. The lowest BCUT2D eigenvalue weighted by Crippen LogP contribution is -2.47. The van der Waals surface area contributed by atoms with Crippen LogP contribution < -0.4 is 10.1 Å². The molecular weight excluding hydrogens is 340 g/mol. The van der Waals surface area contributed by atoms with E-state index in [1.54, 1.807) is 0 Å². The van der Waals surface area contributed by atoms with Crippen LogP contribution in [0.15, 0.2) is 29.3 Å². The van der Waals surface area contributed by atoms with Crippen molar-refractivity contribution < 1.29 is 9.47 Å². The minimum absolute atomic E-state index is 0.201. The van der Waals surface area contributed by atoms with Gasteiger partial charge in [-0.15, -0.1) is 0 Å². The van der Waals surface area contributed by atoms with Gasteiger partial charge in [0.25, 0.3) is 0 Å². The number of guanidine groups is 1. The van der Waals surface area contributed by atoms with Crippen LogP contribution in [0.3, 0.4) is 0 Å². The predicted molar refractivity (Wildman–Crippen MR) is 109 cm³/mol. The van der Waals surface area contributed by atoms with Crippen molar-refractivity contribution in [2.45, 2.75) is 45.4 Å². The maximum absolute atomic E-state index is 6.05. The first-order valence-corrected chi connectivity index (χ1v) is 10.3. The van der Waals surface area contributed by atoms with Gasteiger partial charge in [-0.3, -0.25) is 9.89 Å². The number of benzene rings is 1. The normalized spacial score (nSPS) is 23.1. The molecule has 1 aromatic carbocycles. The van der Waals surface area contributed by atoms with E-state index in [1.165, 1.54) is 24.9 Å². The van der Waals surface area contributed by atoms with Gasteiger partial charge in [0.05, 0.1) is 25.9 Å². The summed E-state index contributed by atoms with van der Waals surface area (Å²) in [5.74, 6) is 1.85. The predicted octanol–water partition coefficient (Wildman–Crippen LogP) is 2.35. The number of hydrogen-bond acceptors (Lipinski definition) is 4. The summed E-state index contributed by atoms with van der Waals surface area (Å²) >= 11 is 0. The van der Waals surface area contributed by atoms with Gasteiger partial charge in [0.2, 0.25) is 0 Å². The van der Waals surface area contributed by atoms with E-state index in [0.717, 1.165) is 38.0 Å². The number of fused-ring (bicyclic) bond motifs is 1. The highest BCUT2D eigenvalue weighted by Crippen LogP contribution is 2.22. The number of nitrogens with one attached hydrogen (secondary N) is 1.